The molecule has 0 radical (unpaired) electrons. The van der Waals surface area contributed by atoms with Gasteiger partial charge in [-0.1, -0.05) is 0 Å². The fourth-order valence-corrected chi connectivity index (χ4v) is 1.08. The van der Waals surface area contributed by atoms with Crippen LogP contribution in [-0.4, -0.2) is 17.5 Å². The van der Waals surface area contributed by atoms with Crippen LogP contribution in [-0.2, 0) is 27.9 Å². The normalized spacial score (nSPS) is 11.8. The molecule has 0 atom stereocenters. The number of nitrogens with zero attached hydrogens (tertiary/aromatic N) is 2. The highest BCUT2D eigenvalue weighted by Crippen LogP contribution is 1.87. The molecule has 0 aromatic carbocycles. The summed E-state index contributed by atoms with van der Waals surface area (Å²) in [6.07, 6.45) is 5.09. The van der Waals surface area contributed by atoms with Gasteiger partial charge in [0.25, 0.3) is 0 Å². The van der Waals surface area contributed by atoms with Crippen LogP contribution in [0.4, 0.5) is 0 Å². The maximum atomic E-state index is 10.2. The van der Waals surface area contributed by atoms with Crippen molar-refractivity contribution >= 4 is 10.4 Å². The Bertz CT molecular complexity index is 370. The highest BCUT2D eigenvalue weighted by Gasteiger charge is 2.08. The van der Waals surface area contributed by atoms with Gasteiger partial charge in [0.15, 0.2) is 0 Å². The van der Waals surface area contributed by atoms with E-state index < -0.39 is 10.4 Å². The van der Waals surface area contributed by atoms with Crippen molar-refractivity contribution in [2.75, 3.05) is 0 Å². The lowest BCUT2D eigenvalue weighted by atomic mass is 10.7. The molecule has 0 fully saturated rings. The molecule has 0 aliphatic heterocycles. The summed E-state index contributed by atoms with van der Waals surface area (Å²) in [6.45, 7) is 2.53. The largest absolute Gasteiger partial charge is 0.400 e. The molecule has 1 aromatic rings. The van der Waals surface area contributed by atoms with Crippen LogP contribution < -0.4 is 4.57 Å². The van der Waals surface area contributed by atoms with E-state index in [2.05, 4.69) is 4.18 Å². The molecule has 0 aliphatic carbocycles. The molecule has 13 heavy (non-hydrogen) atoms. The first-order chi connectivity index (χ1) is 6.01. The molecule has 0 unspecified atom stereocenters. The molecular formula is C6H11N2O4S+. The zero-order valence-electron chi connectivity index (χ0n) is 7.12. The van der Waals surface area contributed by atoms with Gasteiger partial charge in [-0.2, -0.15) is 8.42 Å². The Kier molecular flexibility index (Phi) is 3.02. The van der Waals surface area contributed by atoms with E-state index >= 15 is 0 Å². The van der Waals surface area contributed by atoms with Gasteiger partial charge in [0.2, 0.25) is 13.1 Å². The molecule has 0 aliphatic rings. The predicted molar refractivity (Wildman–Crippen MR) is 42.9 cm³/mol. The van der Waals surface area contributed by atoms with Gasteiger partial charge in [0, 0.05) is 0 Å². The molecule has 74 valence electrons. The lowest BCUT2D eigenvalue weighted by molar-refractivity contribution is -0.724. The Morgan fingerprint density at radius 2 is 2.31 bits per heavy atom. The summed E-state index contributed by atoms with van der Waals surface area (Å²) in [6, 6.07) is 0. The maximum absolute atomic E-state index is 10.2. The van der Waals surface area contributed by atoms with Crippen LogP contribution in [0.1, 0.15) is 6.92 Å². The van der Waals surface area contributed by atoms with Gasteiger partial charge in [0.1, 0.15) is 12.4 Å². The molecule has 1 rings (SSSR count). The van der Waals surface area contributed by atoms with E-state index in [0.717, 1.165) is 6.54 Å². The number of hydrogen-bond acceptors (Lipinski definition) is 3. The summed E-state index contributed by atoms with van der Waals surface area (Å²) < 4.78 is 36.1. The molecule has 0 amide bonds. The van der Waals surface area contributed by atoms with E-state index in [4.69, 9.17) is 4.55 Å². The van der Waals surface area contributed by atoms with E-state index in [1.54, 1.807) is 18.7 Å². The fourth-order valence-electron chi connectivity index (χ4n) is 0.830. The molecule has 0 saturated carbocycles. The number of aromatic nitrogens is 2. The van der Waals surface area contributed by atoms with Crippen molar-refractivity contribution in [3.05, 3.63) is 18.7 Å². The van der Waals surface area contributed by atoms with Gasteiger partial charge in [-0.05, 0) is 6.92 Å². The average Bonchev–Trinajstić information content (AvgIpc) is 2.47. The van der Waals surface area contributed by atoms with Gasteiger partial charge in [-0.3, -0.25) is 4.55 Å². The van der Waals surface area contributed by atoms with E-state index in [-0.39, 0.29) is 6.73 Å². The number of hydrogen-bond donors (Lipinski definition) is 1. The number of imidazole rings is 1. The quantitative estimate of drug-likeness (QED) is 0.537. The first kappa shape index (κ1) is 10.2. The Morgan fingerprint density at radius 1 is 1.62 bits per heavy atom. The van der Waals surface area contributed by atoms with Crippen molar-refractivity contribution in [2.45, 2.75) is 20.2 Å². The standard InChI is InChI=1S/C6H10N2O4S/c1-2-7-3-4-8(5-7)6-12-13(9,10)11/h3-5H,2,6H2,1H3/p+1. The fraction of sp³-hybridized carbons (Fsp3) is 0.500. The third kappa shape index (κ3) is 3.53. The minimum absolute atomic E-state index is 0.216. The number of aryl methyl sites for hydroxylation is 1. The van der Waals surface area contributed by atoms with Crippen LogP contribution in [0.2, 0.25) is 0 Å². The summed E-state index contributed by atoms with van der Waals surface area (Å²) >= 11 is 0. The molecule has 6 nitrogen and oxygen atoms in total. The van der Waals surface area contributed by atoms with Crippen molar-refractivity contribution in [1.29, 1.82) is 0 Å². The monoisotopic (exact) mass is 207 g/mol. The van der Waals surface area contributed by atoms with Crippen LogP contribution >= 0.6 is 0 Å². The van der Waals surface area contributed by atoms with Crippen molar-refractivity contribution in [2.24, 2.45) is 0 Å². The predicted octanol–water partition coefficient (Wildman–Crippen LogP) is -0.428. The van der Waals surface area contributed by atoms with Crippen LogP contribution in [0.3, 0.4) is 0 Å². The zero-order chi connectivity index (χ0) is 9.90. The first-order valence-corrected chi connectivity index (χ1v) is 5.04. The van der Waals surface area contributed by atoms with Gasteiger partial charge in [0.05, 0.1) is 6.54 Å². The highest BCUT2D eigenvalue weighted by molar-refractivity contribution is 7.80. The van der Waals surface area contributed by atoms with E-state index in [1.807, 2.05) is 11.5 Å². The minimum atomic E-state index is -4.35. The molecule has 1 N–H and O–H groups in total. The first-order valence-electron chi connectivity index (χ1n) is 3.68. The van der Waals surface area contributed by atoms with Gasteiger partial charge in [-0.25, -0.2) is 13.3 Å². The average molecular weight is 207 g/mol. The molecule has 1 heterocycles. The molecule has 0 bridgehead atoms. The lowest BCUT2D eigenvalue weighted by Gasteiger charge is -1.94. The third-order valence-electron chi connectivity index (χ3n) is 1.46. The van der Waals surface area contributed by atoms with Crippen molar-refractivity contribution < 1.29 is 21.7 Å². The molecule has 1 aromatic heterocycles. The Balaban J connectivity index is 2.55. The second-order valence-corrected chi connectivity index (χ2v) is 3.52. The Morgan fingerprint density at radius 3 is 2.77 bits per heavy atom. The zero-order valence-corrected chi connectivity index (χ0v) is 7.94. The topological polar surface area (TPSA) is 72.4 Å². The van der Waals surface area contributed by atoms with Crippen LogP contribution in [0.5, 0.6) is 0 Å². The summed E-state index contributed by atoms with van der Waals surface area (Å²) in [5.41, 5.74) is 0. The van der Waals surface area contributed by atoms with Crippen LogP contribution in [0, 0.1) is 0 Å². The molecule has 7 heteroatoms. The molecule has 0 spiro atoms. The maximum Gasteiger partial charge on any atom is 0.400 e. The Labute approximate surface area is 76.3 Å². The van der Waals surface area contributed by atoms with Gasteiger partial charge >= 0.3 is 10.4 Å². The van der Waals surface area contributed by atoms with E-state index in [9.17, 15) is 8.42 Å². The summed E-state index contributed by atoms with van der Waals surface area (Å²) in [4.78, 5) is 0. The Hall–Kier alpha value is -0.920. The van der Waals surface area contributed by atoms with E-state index in [0.29, 0.717) is 0 Å². The summed E-state index contributed by atoms with van der Waals surface area (Å²) in [5.74, 6) is 0. The van der Waals surface area contributed by atoms with Crippen molar-refractivity contribution in [3.8, 4) is 0 Å². The second kappa shape index (κ2) is 3.86. The van der Waals surface area contributed by atoms with Crippen molar-refractivity contribution in [1.82, 2.24) is 4.57 Å². The summed E-state index contributed by atoms with van der Waals surface area (Å²) in [7, 11) is -4.35. The molecular weight excluding hydrogens is 196 g/mol. The lowest BCUT2D eigenvalue weighted by Crippen LogP contribution is -2.33. The summed E-state index contributed by atoms with van der Waals surface area (Å²) in [5, 5.41) is 0. The highest BCUT2D eigenvalue weighted by atomic mass is 32.3. The van der Waals surface area contributed by atoms with Crippen LogP contribution in [0.15, 0.2) is 18.7 Å². The second-order valence-electron chi connectivity index (χ2n) is 2.43. The van der Waals surface area contributed by atoms with E-state index in [1.165, 1.54) is 4.57 Å². The minimum Gasteiger partial charge on any atom is -0.263 e. The number of rotatable bonds is 4. The van der Waals surface area contributed by atoms with Gasteiger partial charge in [-0.15, -0.1) is 0 Å². The van der Waals surface area contributed by atoms with Crippen molar-refractivity contribution in [3.63, 3.8) is 0 Å². The smallest absolute Gasteiger partial charge is 0.263 e. The molecule has 0 saturated heterocycles. The van der Waals surface area contributed by atoms with Crippen LogP contribution in [0.25, 0.3) is 0 Å². The third-order valence-corrected chi connectivity index (χ3v) is 1.87. The SMILES string of the molecule is CCn1cc[n+](COS(=O)(=O)O)c1. The van der Waals surface area contributed by atoms with Gasteiger partial charge < -0.3 is 0 Å².